The summed E-state index contributed by atoms with van der Waals surface area (Å²) >= 11 is 0. The summed E-state index contributed by atoms with van der Waals surface area (Å²) in [6.45, 7) is 4.27. The number of hydrogen-bond donors (Lipinski definition) is 2. The third-order valence-electron chi connectivity index (χ3n) is 5.18. The highest BCUT2D eigenvalue weighted by Crippen LogP contribution is 2.30. The highest BCUT2D eigenvalue weighted by molar-refractivity contribution is 5.95. The van der Waals surface area contributed by atoms with Gasteiger partial charge in [-0.3, -0.25) is 4.90 Å². The third-order valence-corrected chi connectivity index (χ3v) is 5.18. The molecule has 0 radical (unpaired) electrons. The van der Waals surface area contributed by atoms with Gasteiger partial charge in [0.2, 0.25) is 0 Å². The van der Waals surface area contributed by atoms with Crippen molar-refractivity contribution in [1.82, 2.24) is 20.4 Å². The highest BCUT2D eigenvalue weighted by atomic mass is 16.5. The zero-order valence-corrected chi connectivity index (χ0v) is 16.7. The van der Waals surface area contributed by atoms with Gasteiger partial charge in [-0.2, -0.15) is 0 Å². The molecule has 3 rings (SSSR count). The number of carbonyl (C=O) groups excluding carboxylic acids is 2. The van der Waals surface area contributed by atoms with E-state index in [2.05, 4.69) is 27.5 Å². The fraction of sp³-hybridized carbons (Fsp3) is 0.500. The number of ether oxygens (including phenoxy) is 2. The largest absolute Gasteiger partial charge is 0.497 e. The minimum absolute atomic E-state index is 0.331. The van der Waals surface area contributed by atoms with Gasteiger partial charge in [-0.05, 0) is 44.3 Å². The fourth-order valence-corrected chi connectivity index (χ4v) is 3.65. The number of carbonyl (C=O) groups is 2. The molecule has 8 heteroatoms. The van der Waals surface area contributed by atoms with Crippen LogP contribution in [-0.4, -0.2) is 75.8 Å². The molecule has 2 heterocycles. The molecule has 8 nitrogen and oxygen atoms in total. The number of benzene rings is 1. The fourth-order valence-electron chi connectivity index (χ4n) is 3.65. The van der Waals surface area contributed by atoms with Crippen LogP contribution < -0.4 is 15.4 Å². The van der Waals surface area contributed by atoms with Crippen LogP contribution in [0.1, 0.15) is 18.0 Å². The van der Waals surface area contributed by atoms with Crippen LogP contribution in [0.25, 0.3) is 0 Å². The summed E-state index contributed by atoms with van der Waals surface area (Å²) in [5, 5.41) is 5.68. The Morgan fingerprint density at radius 2 is 2.04 bits per heavy atom. The van der Waals surface area contributed by atoms with Gasteiger partial charge in [0.1, 0.15) is 5.75 Å². The van der Waals surface area contributed by atoms with E-state index in [9.17, 15) is 9.59 Å². The summed E-state index contributed by atoms with van der Waals surface area (Å²) in [5.41, 5.74) is 1.78. The predicted molar refractivity (Wildman–Crippen MR) is 105 cm³/mol. The molecule has 2 amide bonds. The molecule has 0 aliphatic carbocycles. The molecule has 0 spiro atoms. The molecule has 1 fully saturated rings. The first-order valence-electron chi connectivity index (χ1n) is 9.45. The monoisotopic (exact) mass is 388 g/mol. The summed E-state index contributed by atoms with van der Waals surface area (Å²) in [4.78, 5) is 29.6. The van der Waals surface area contributed by atoms with Crippen molar-refractivity contribution in [2.75, 3.05) is 54.0 Å². The quantitative estimate of drug-likeness (QED) is 0.736. The van der Waals surface area contributed by atoms with Gasteiger partial charge in [0.15, 0.2) is 0 Å². The number of rotatable bonds is 5. The Bertz CT molecular complexity index is 764. The molecular formula is C20H28N4O4. The van der Waals surface area contributed by atoms with E-state index in [1.54, 1.807) is 7.11 Å². The molecule has 28 heavy (non-hydrogen) atoms. The minimum atomic E-state index is -0.596. The molecule has 1 saturated heterocycles. The van der Waals surface area contributed by atoms with Crippen molar-refractivity contribution in [1.29, 1.82) is 0 Å². The summed E-state index contributed by atoms with van der Waals surface area (Å²) < 4.78 is 10.3. The van der Waals surface area contributed by atoms with E-state index >= 15 is 0 Å². The lowest BCUT2D eigenvalue weighted by molar-refractivity contribution is -0.136. The van der Waals surface area contributed by atoms with Crippen molar-refractivity contribution in [2.45, 2.75) is 12.5 Å². The molecule has 0 bridgehead atoms. The van der Waals surface area contributed by atoms with E-state index in [1.807, 2.05) is 24.3 Å². The van der Waals surface area contributed by atoms with E-state index < -0.39 is 12.0 Å². The lowest BCUT2D eigenvalue weighted by Crippen LogP contribution is -2.48. The first kappa shape index (κ1) is 20.2. The van der Waals surface area contributed by atoms with Crippen LogP contribution in [0.15, 0.2) is 35.5 Å². The predicted octanol–water partition coefficient (Wildman–Crippen LogP) is 1.11. The van der Waals surface area contributed by atoms with Crippen LogP contribution in [0, 0.1) is 0 Å². The van der Waals surface area contributed by atoms with Crippen LogP contribution in [0.2, 0.25) is 0 Å². The van der Waals surface area contributed by atoms with Crippen LogP contribution in [0.5, 0.6) is 5.75 Å². The molecule has 1 aromatic carbocycles. The molecule has 1 atom stereocenters. The first-order chi connectivity index (χ1) is 13.5. The van der Waals surface area contributed by atoms with Gasteiger partial charge in [0, 0.05) is 25.3 Å². The van der Waals surface area contributed by atoms with Gasteiger partial charge in [-0.25, -0.2) is 9.59 Å². The van der Waals surface area contributed by atoms with E-state index in [1.165, 1.54) is 7.11 Å². The average molecular weight is 388 g/mol. The normalized spacial score (nSPS) is 21.5. The molecule has 152 valence electrons. The van der Waals surface area contributed by atoms with E-state index in [-0.39, 0.29) is 6.03 Å². The van der Waals surface area contributed by atoms with Gasteiger partial charge >= 0.3 is 12.0 Å². The number of nitrogens with zero attached hydrogens (tertiary/aromatic N) is 2. The molecular weight excluding hydrogens is 360 g/mol. The standard InChI is InChI=1S/C20H28N4O4/c1-23-8-5-9-24(11-10-23)13-16-17(19(25)28-3)18(22-20(26)21-16)14-6-4-7-15(12-14)27-2/h4,6-7,12,18H,5,8-11,13H2,1-3H3,(H2,21,22,26)/t18-/m1/s1. The minimum Gasteiger partial charge on any atom is -0.497 e. The van der Waals surface area contributed by atoms with E-state index in [4.69, 9.17) is 9.47 Å². The van der Waals surface area contributed by atoms with Crippen LogP contribution >= 0.6 is 0 Å². The summed E-state index contributed by atoms with van der Waals surface area (Å²) in [5.74, 6) is 0.203. The van der Waals surface area contributed by atoms with Crippen molar-refractivity contribution in [3.8, 4) is 5.75 Å². The summed E-state index contributed by atoms with van der Waals surface area (Å²) in [6.07, 6.45) is 1.04. The Kier molecular flexibility index (Phi) is 6.53. The summed E-state index contributed by atoms with van der Waals surface area (Å²) in [7, 11) is 5.04. The second-order valence-corrected chi connectivity index (χ2v) is 7.12. The Morgan fingerprint density at radius 3 is 2.79 bits per heavy atom. The SMILES string of the molecule is COC(=O)C1=C(CN2CCCN(C)CC2)NC(=O)N[C@@H]1c1cccc(OC)c1. The van der Waals surface area contributed by atoms with Crippen molar-refractivity contribution >= 4 is 12.0 Å². The lowest BCUT2D eigenvalue weighted by atomic mass is 9.94. The van der Waals surface area contributed by atoms with Gasteiger partial charge < -0.3 is 25.0 Å². The Balaban J connectivity index is 1.95. The maximum Gasteiger partial charge on any atom is 0.338 e. The van der Waals surface area contributed by atoms with Gasteiger partial charge in [0.05, 0.1) is 25.8 Å². The van der Waals surface area contributed by atoms with Gasteiger partial charge in [-0.15, -0.1) is 0 Å². The van der Waals surface area contributed by atoms with Crippen molar-refractivity contribution < 1.29 is 19.1 Å². The Morgan fingerprint density at radius 1 is 1.21 bits per heavy atom. The number of hydrogen-bond acceptors (Lipinski definition) is 6. The van der Waals surface area contributed by atoms with Crippen LogP contribution in [0.4, 0.5) is 4.79 Å². The smallest absolute Gasteiger partial charge is 0.338 e. The molecule has 0 saturated carbocycles. The van der Waals surface area contributed by atoms with Gasteiger partial charge in [0.25, 0.3) is 0 Å². The maximum atomic E-state index is 12.7. The topological polar surface area (TPSA) is 83.1 Å². The molecule has 1 aromatic rings. The summed E-state index contributed by atoms with van der Waals surface area (Å²) in [6, 6.07) is 6.41. The second kappa shape index (κ2) is 9.07. The molecule has 0 unspecified atom stereocenters. The highest BCUT2D eigenvalue weighted by Gasteiger charge is 2.34. The van der Waals surface area contributed by atoms with Gasteiger partial charge in [-0.1, -0.05) is 12.1 Å². The number of likely N-dealkylation sites (N-methyl/N-ethyl adjacent to an activating group) is 1. The number of nitrogens with one attached hydrogen (secondary N) is 2. The zero-order valence-electron chi connectivity index (χ0n) is 16.7. The van der Waals surface area contributed by atoms with E-state index in [0.29, 0.717) is 23.6 Å². The molecule has 0 aromatic heterocycles. The van der Waals surface area contributed by atoms with Crippen LogP contribution in [-0.2, 0) is 9.53 Å². The van der Waals surface area contributed by atoms with Crippen molar-refractivity contribution in [3.05, 3.63) is 41.1 Å². The maximum absolute atomic E-state index is 12.7. The average Bonchev–Trinajstić information content (AvgIpc) is 2.91. The molecule has 2 aliphatic heterocycles. The number of amides is 2. The zero-order chi connectivity index (χ0) is 20.1. The molecule has 2 aliphatic rings. The van der Waals surface area contributed by atoms with Crippen molar-refractivity contribution in [3.63, 3.8) is 0 Å². The number of esters is 1. The third kappa shape index (κ3) is 4.63. The molecule has 2 N–H and O–H groups in total. The van der Waals surface area contributed by atoms with E-state index in [0.717, 1.165) is 38.2 Å². The number of methoxy groups -OCH3 is 2. The van der Waals surface area contributed by atoms with Crippen LogP contribution in [0.3, 0.4) is 0 Å². The Labute approximate surface area is 165 Å². The Hall–Kier alpha value is -2.58. The lowest BCUT2D eigenvalue weighted by Gasteiger charge is -2.31. The second-order valence-electron chi connectivity index (χ2n) is 7.12. The number of urea groups is 1. The van der Waals surface area contributed by atoms with Crippen molar-refractivity contribution in [2.24, 2.45) is 0 Å². The first-order valence-corrected chi connectivity index (χ1v) is 9.45.